The number of unbranched alkanes of at least 4 members (excludes halogenated alkanes) is 1. The molecule has 0 amide bonds. The summed E-state index contributed by atoms with van der Waals surface area (Å²) in [5.74, 6) is -0.816. The molecular formula is C20H24I4O5. The molecule has 0 N–H and O–H groups in total. The average molecular weight is 852 g/mol. The molecule has 1 aromatic carbocycles. The summed E-state index contributed by atoms with van der Waals surface area (Å²) in [4.78, 5) is 36.7. The van der Waals surface area contributed by atoms with Crippen molar-refractivity contribution >= 4 is 108 Å². The van der Waals surface area contributed by atoms with Gasteiger partial charge in [-0.15, -0.1) is 0 Å². The minimum absolute atomic E-state index is 0.266. The number of alkyl halides is 4. The van der Waals surface area contributed by atoms with Gasteiger partial charge in [-0.25, -0.2) is 0 Å². The van der Waals surface area contributed by atoms with Crippen LogP contribution in [0.15, 0.2) is 24.3 Å². The van der Waals surface area contributed by atoms with Gasteiger partial charge in [-0.2, -0.15) is 0 Å². The van der Waals surface area contributed by atoms with Crippen molar-refractivity contribution in [1.29, 1.82) is 0 Å². The van der Waals surface area contributed by atoms with Crippen LogP contribution in [0.25, 0.3) is 0 Å². The average Bonchev–Trinajstić information content (AvgIpc) is 2.63. The van der Waals surface area contributed by atoms with E-state index in [0.717, 1.165) is 22.8 Å². The summed E-state index contributed by atoms with van der Waals surface area (Å²) >= 11 is 8.54. The van der Waals surface area contributed by atoms with E-state index in [-0.39, 0.29) is 5.97 Å². The summed E-state index contributed by atoms with van der Waals surface area (Å²) in [6, 6.07) is 7.14. The first-order chi connectivity index (χ1) is 13.5. The second-order valence-electron chi connectivity index (χ2n) is 6.99. The second kappa shape index (κ2) is 13.3. The van der Waals surface area contributed by atoms with Crippen molar-refractivity contribution < 1.29 is 23.9 Å². The van der Waals surface area contributed by atoms with Gasteiger partial charge < -0.3 is 9.47 Å². The number of halogens is 4. The van der Waals surface area contributed by atoms with Gasteiger partial charge in [0.25, 0.3) is 0 Å². The van der Waals surface area contributed by atoms with Gasteiger partial charge in [0.15, 0.2) is 0 Å². The van der Waals surface area contributed by atoms with E-state index in [4.69, 9.17) is 9.47 Å². The fourth-order valence-corrected chi connectivity index (χ4v) is 4.34. The number of esters is 3. The Morgan fingerprint density at radius 2 is 1.55 bits per heavy atom. The number of carbonyl (C=O) groups is 3. The molecule has 0 aliphatic rings. The second-order valence-corrected chi connectivity index (χ2v) is 13.9. The van der Waals surface area contributed by atoms with E-state index in [1.807, 2.05) is 34.7 Å². The Morgan fingerprint density at radius 3 is 2.07 bits per heavy atom. The first-order valence-electron chi connectivity index (χ1n) is 9.08. The molecule has 1 unspecified atom stereocenters. The van der Waals surface area contributed by atoms with Gasteiger partial charge >= 0.3 is 17.9 Å². The summed E-state index contributed by atoms with van der Waals surface area (Å²) in [5, 5.41) is 0. The van der Waals surface area contributed by atoms with E-state index >= 15 is 0 Å². The fourth-order valence-electron chi connectivity index (χ4n) is 2.32. The van der Waals surface area contributed by atoms with E-state index in [1.54, 1.807) is 26.0 Å². The first-order valence-corrected chi connectivity index (χ1v) is 14.3. The molecule has 0 spiro atoms. The molecule has 0 saturated carbocycles. The van der Waals surface area contributed by atoms with Crippen molar-refractivity contribution in [2.45, 2.75) is 52.8 Å². The number of hydrogen-bond donors (Lipinski definition) is 0. The van der Waals surface area contributed by atoms with Crippen molar-refractivity contribution in [2.75, 3.05) is 8.86 Å². The highest BCUT2D eigenvalue weighted by atomic mass is 127. The van der Waals surface area contributed by atoms with Gasteiger partial charge in [-0.3, -0.25) is 14.4 Å². The molecule has 0 aliphatic carbocycles. The van der Waals surface area contributed by atoms with Crippen LogP contribution in [-0.2, 0) is 25.5 Å². The first kappa shape index (κ1) is 27.8. The van der Waals surface area contributed by atoms with Gasteiger partial charge in [0.1, 0.15) is 12.6 Å². The quantitative estimate of drug-likeness (QED) is 0.0681. The Bertz CT molecular complexity index is 700. The zero-order valence-corrected chi connectivity index (χ0v) is 24.9. The molecule has 0 fully saturated rings. The molecule has 0 heterocycles. The van der Waals surface area contributed by atoms with Gasteiger partial charge in [0, 0.05) is 4.43 Å². The Labute approximate surface area is 226 Å². The van der Waals surface area contributed by atoms with Gasteiger partial charge in [-0.1, -0.05) is 109 Å². The van der Waals surface area contributed by atoms with Gasteiger partial charge in [0.05, 0.1) is 6.42 Å². The van der Waals surface area contributed by atoms with E-state index in [9.17, 15) is 14.4 Å². The van der Waals surface area contributed by atoms with Crippen LogP contribution in [0.4, 0.5) is 0 Å². The zero-order valence-electron chi connectivity index (χ0n) is 16.3. The molecule has 0 bridgehead atoms. The maximum atomic E-state index is 12.9. The van der Waals surface area contributed by atoms with Crippen molar-refractivity contribution in [1.82, 2.24) is 0 Å². The molecule has 9 heteroatoms. The molecule has 0 aliphatic heterocycles. The molecule has 1 rings (SSSR count). The number of ether oxygens (including phenoxy) is 2. The molecule has 1 aromatic rings. The number of rotatable bonds is 11. The van der Waals surface area contributed by atoms with Crippen molar-refractivity contribution in [3.05, 3.63) is 29.8 Å². The Hall–Kier alpha value is 0.750. The van der Waals surface area contributed by atoms with Crippen LogP contribution in [0.1, 0.15) is 45.1 Å². The molecule has 1 atom stereocenters. The summed E-state index contributed by atoms with van der Waals surface area (Å²) in [6.07, 6.45) is 3.29. The van der Waals surface area contributed by atoms with Crippen LogP contribution in [0.2, 0.25) is 0 Å². The maximum Gasteiger partial charge on any atom is 0.330 e. The van der Waals surface area contributed by atoms with E-state index in [2.05, 4.69) is 67.8 Å². The lowest BCUT2D eigenvalue weighted by Gasteiger charge is -2.26. The predicted octanol–water partition coefficient (Wildman–Crippen LogP) is 6.02. The molecule has 0 saturated heterocycles. The lowest BCUT2D eigenvalue weighted by atomic mass is 9.94. The standard InChI is InChI=1S/C20H24I4O5/c1-19(2,23)17(26)29-18(27)20(24,10-3-4-11-21)13-14-5-7-15(8-6-14)28-16(25)9-12-22/h5-8H,3-4,9-13H2,1-2H3. The number of carbonyl (C=O) groups excluding carboxylic acids is 3. The monoisotopic (exact) mass is 852 g/mol. The third-order valence-corrected chi connectivity index (χ3v) is 7.04. The lowest BCUT2D eigenvalue weighted by molar-refractivity contribution is -0.162. The highest BCUT2D eigenvalue weighted by Gasteiger charge is 2.40. The highest BCUT2D eigenvalue weighted by molar-refractivity contribution is 14.1. The van der Waals surface area contributed by atoms with E-state index < -0.39 is 18.8 Å². The van der Waals surface area contributed by atoms with Gasteiger partial charge in [-0.05, 0) is 55.2 Å². The predicted molar refractivity (Wildman–Crippen MR) is 148 cm³/mol. The summed E-state index contributed by atoms with van der Waals surface area (Å²) in [7, 11) is 0. The van der Waals surface area contributed by atoms with E-state index in [0.29, 0.717) is 29.4 Å². The molecule has 29 heavy (non-hydrogen) atoms. The number of benzene rings is 1. The van der Waals surface area contributed by atoms with Crippen molar-refractivity contribution in [2.24, 2.45) is 0 Å². The van der Waals surface area contributed by atoms with Crippen LogP contribution in [0.3, 0.4) is 0 Å². The van der Waals surface area contributed by atoms with Crippen LogP contribution in [0, 0.1) is 0 Å². The SMILES string of the molecule is CC(C)(I)C(=O)OC(=O)C(I)(CCCCI)Cc1ccc(OC(=O)CCI)cc1. The van der Waals surface area contributed by atoms with Crippen LogP contribution >= 0.6 is 90.4 Å². The normalized spacial score (nSPS) is 13.4. The molecule has 162 valence electrons. The molecule has 5 nitrogen and oxygen atoms in total. The minimum atomic E-state index is -0.833. The smallest absolute Gasteiger partial charge is 0.330 e. The Morgan fingerprint density at radius 1 is 0.931 bits per heavy atom. The third-order valence-electron chi connectivity index (χ3n) is 3.93. The minimum Gasteiger partial charge on any atom is -0.427 e. The van der Waals surface area contributed by atoms with Gasteiger partial charge in [0.2, 0.25) is 0 Å². The Balaban J connectivity index is 2.92. The topological polar surface area (TPSA) is 69.7 Å². The Kier molecular flexibility index (Phi) is 12.8. The van der Waals surface area contributed by atoms with Crippen LogP contribution < -0.4 is 4.74 Å². The molecule has 0 aromatic heterocycles. The summed E-state index contributed by atoms with van der Waals surface area (Å²) in [6.45, 7) is 3.43. The largest absolute Gasteiger partial charge is 0.427 e. The number of hydrogen-bond acceptors (Lipinski definition) is 5. The zero-order chi connectivity index (χ0) is 22.1. The molecule has 0 radical (unpaired) electrons. The summed E-state index contributed by atoms with van der Waals surface area (Å²) in [5.41, 5.74) is 0.917. The third kappa shape index (κ3) is 10.3. The highest BCUT2D eigenvalue weighted by Crippen LogP contribution is 2.33. The van der Waals surface area contributed by atoms with Crippen molar-refractivity contribution in [3.8, 4) is 5.75 Å². The summed E-state index contributed by atoms with van der Waals surface area (Å²) < 4.78 is 10.6. The fraction of sp³-hybridized carbons (Fsp3) is 0.550. The lowest BCUT2D eigenvalue weighted by Crippen LogP contribution is -2.40. The van der Waals surface area contributed by atoms with Crippen molar-refractivity contribution in [3.63, 3.8) is 0 Å². The molecular weight excluding hydrogens is 828 g/mol. The maximum absolute atomic E-state index is 12.9. The van der Waals surface area contributed by atoms with Crippen LogP contribution in [0.5, 0.6) is 5.75 Å². The van der Waals surface area contributed by atoms with Crippen LogP contribution in [-0.4, -0.2) is 33.6 Å². The van der Waals surface area contributed by atoms with E-state index in [1.165, 1.54) is 0 Å².